The first kappa shape index (κ1) is 19.8. The Hall–Kier alpha value is -1.50. The van der Waals surface area contributed by atoms with Gasteiger partial charge < -0.3 is 0 Å². The van der Waals surface area contributed by atoms with Crippen molar-refractivity contribution in [2.45, 2.75) is 61.6 Å². The molecular weight excluding hydrogens is 383 g/mol. The number of rotatable bonds is 2. The van der Waals surface area contributed by atoms with Crippen LogP contribution in [-0.4, -0.2) is 21.5 Å². The minimum Gasteiger partial charge on any atom is -0.278 e. The number of benzene rings is 2. The third-order valence-electron chi connectivity index (χ3n) is 6.17. The zero-order valence-corrected chi connectivity index (χ0v) is 17.2. The average molecular weight is 408 g/mol. The molecule has 1 spiro atoms. The molecule has 1 heterocycles. The van der Waals surface area contributed by atoms with E-state index in [1.165, 1.54) is 0 Å². The predicted octanol–water partition coefficient (Wildman–Crippen LogP) is 6.02. The fourth-order valence-electron chi connectivity index (χ4n) is 4.79. The van der Waals surface area contributed by atoms with Gasteiger partial charge in [-0.1, -0.05) is 94.1 Å². The molecule has 1 aliphatic carbocycles. The van der Waals surface area contributed by atoms with Crippen LogP contribution in [0.2, 0.25) is 0 Å². The van der Waals surface area contributed by atoms with Gasteiger partial charge in [0, 0.05) is 10.8 Å². The van der Waals surface area contributed by atoms with Crippen molar-refractivity contribution in [3.63, 3.8) is 0 Å². The topological polar surface area (TPSA) is 12.5 Å². The van der Waals surface area contributed by atoms with E-state index in [9.17, 15) is 13.2 Å². The lowest BCUT2D eigenvalue weighted by Gasteiger charge is -2.44. The van der Waals surface area contributed by atoms with E-state index >= 15 is 0 Å². The van der Waals surface area contributed by atoms with E-state index in [0.717, 1.165) is 33.5 Å². The molecule has 2 aromatic carbocycles. The quantitative estimate of drug-likeness (QED) is 0.604. The molecular formula is C22H24F3NOS. The first-order chi connectivity index (χ1) is 13.0. The standard InChI is InChI=1S/C22H24F3NOS/c1-19(2)16-12-8-9-13-17(16)20(3,4)22(19)27-26(18(28-22)21(23,24)25)14-15-10-6-5-7-11-15/h5-13,18H,14H2,1-4H3. The van der Waals surface area contributed by atoms with E-state index < -0.39 is 27.3 Å². The van der Waals surface area contributed by atoms with E-state index in [0.29, 0.717) is 0 Å². The Morgan fingerprint density at radius 1 is 0.893 bits per heavy atom. The van der Waals surface area contributed by atoms with Crippen LogP contribution < -0.4 is 0 Å². The summed E-state index contributed by atoms with van der Waals surface area (Å²) in [6.45, 7) is 8.06. The fraction of sp³-hybridized carbons (Fsp3) is 0.455. The van der Waals surface area contributed by atoms with Gasteiger partial charge in [0.15, 0.2) is 10.3 Å². The smallest absolute Gasteiger partial charge is 0.278 e. The fourth-order valence-corrected chi connectivity index (χ4v) is 6.42. The SMILES string of the molecule is CC1(C)c2ccccc2C(C)(C)C12ON(Cc1ccccc1)C(C(F)(F)F)S2. The Balaban J connectivity index is 1.80. The van der Waals surface area contributed by atoms with Gasteiger partial charge >= 0.3 is 6.18 Å². The van der Waals surface area contributed by atoms with Crippen LogP contribution in [0.15, 0.2) is 54.6 Å². The summed E-state index contributed by atoms with van der Waals surface area (Å²) in [4.78, 5) is 5.29. The van der Waals surface area contributed by atoms with Crippen LogP contribution in [0, 0.1) is 0 Å². The molecule has 1 aliphatic heterocycles. The lowest BCUT2D eigenvalue weighted by Crippen LogP contribution is -2.52. The zero-order valence-electron chi connectivity index (χ0n) is 16.4. The van der Waals surface area contributed by atoms with Gasteiger partial charge in [0.05, 0.1) is 6.54 Å². The highest BCUT2D eigenvalue weighted by molar-refractivity contribution is 8.01. The molecule has 6 heteroatoms. The van der Waals surface area contributed by atoms with Crippen molar-refractivity contribution < 1.29 is 18.0 Å². The molecule has 0 radical (unpaired) electrons. The lowest BCUT2D eigenvalue weighted by atomic mass is 9.77. The molecule has 0 bridgehead atoms. The van der Waals surface area contributed by atoms with Gasteiger partial charge in [-0.05, 0) is 16.7 Å². The average Bonchev–Trinajstić information content (AvgIpc) is 3.09. The molecule has 1 fully saturated rings. The number of hydrogen-bond donors (Lipinski definition) is 0. The summed E-state index contributed by atoms with van der Waals surface area (Å²) in [7, 11) is 0. The molecule has 0 amide bonds. The van der Waals surface area contributed by atoms with Crippen molar-refractivity contribution >= 4 is 11.8 Å². The van der Waals surface area contributed by atoms with Crippen molar-refractivity contribution in [2.24, 2.45) is 0 Å². The van der Waals surface area contributed by atoms with Crippen LogP contribution in [0.25, 0.3) is 0 Å². The molecule has 4 rings (SSSR count). The molecule has 150 valence electrons. The monoisotopic (exact) mass is 407 g/mol. The molecule has 2 aromatic rings. The Kier molecular flexibility index (Phi) is 4.42. The maximum Gasteiger partial charge on any atom is 0.415 e. The summed E-state index contributed by atoms with van der Waals surface area (Å²) in [6.07, 6.45) is -4.40. The Bertz CT molecular complexity index is 844. The summed E-state index contributed by atoms with van der Waals surface area (Å²) in [6, 6.07) is 17.1. The van der Waals surface area contributed by atoms with Gasteiger partial charge in [-0.3, -0.25) is 4.84 Å². The molecule has 28 heavy (non-hydrogen) atoms. The molecule has 0 aromatic heterocycles. The summed E-state index contributed by atoms with van der Waals surface area (Å²) in [5.41, 5.74) is 1.71. The first-order valence-corrected chi connectivity index (χ1v) is 10.2. The minimum atomic E-state index is -4.40. The predicted molar refractivity (Wildman–Crippen MR) is 106 cm³/mol. The molecule has 0 saturated carbocycles. The summed E-state index contributed by atoms with van der Waals surface area (Å²) in [5, 5.41) is -0.587. The van der Waals surface area contributed by atoms with E-state index in [-0.39, 0.29) is 6.54 Å². The van der Waals surface area contributed by atoms with Crippen molar-refractivity contribution in [3.05, 3.63) is 71.3 Å². The van der Waals surface area contributed by atoms with Crippen LogP contribution in [0.4, 0.5) is 13.2 Å². The zero-order chi connectivity index (χ0) is 20.4. The molecule has 2 aliphatic rings. The van der Waals surface area contributed by atoms with Crippen molar-refractivity contribution in [3.8, 4) is 0 Å². The van der Waals surface area contributed by atoms with Gasteiger partial charge in [-0.2, -0.15) is 18.2 Å². The van der Waals surface area contributed by atoms with Gasteiger partial charge in [-0.25, -0.2) is 0 Å². The second-order valence-corrected chi connectivity index (χ2v) is 9.83. The second kappa shape index (κ2) is 6.25. The third kappa shape index (κ3) is 2.65. The maximum atomic E-state index is 14.0. The van der Waals surface area contributed by atoms with Gasteiger partial charge in [0.25, 0.3) is 0 Å². The largest absolute Gasteiger partial charge is 0.415 e. The number of halogens is 3. The van der Waals surface area contributed by atoms with Crippen molar-refractivity contribution in [1.29, 1.82) is 0 Å². The number of thioether (sulfide) groups is 1. The summed E-state index contributed by atoms with van der Waals surface area (Å²) in [5.74, 6) is 0. The highest BCUT2D eigenvalue weighted by Crippen LogP contribution is 2.68. The summed E-state index contributed by atoms with van der Waals surface area (Å²) < 4.78 is 42.1. The molecule has 1 saturated heterocycles. The maximum absolute atomic E-state index is 14.0. The van der Waals surface area contributed by atoms with E-state index in [1.54, 1.807) is 0 Å². The third-order valence-corrected chi connectivity index (χ3v) is 8.32. The second-order valence-electron chi connectivity index (χ2n) is 8.58. The number of alkyl halides is 3. The van der Waals surface area contributed by atoms with Gasteiger partial charge in [0.1, 0.15) is 0 Å². The van der Waals surface area contributed by atoms with Gasteiger partial charge in [-0.15, -0.1) is 0 Å². The lowest BCUT2D eigenvalue weighted by molar-refractivity contribution is -0.278. The Labute approximate surface area is 168 Å². The van der Waals surface area contributed by atoms with E-state index in [2.05, 4.69) is 0 Å². The highest BCUT2D eigenvalue weighted by Gasteiger charge is 2.72. The molecule has 1 unspecified atom stereocenters. The number of hydroxylamine groups is 2. The summed E-state index contributed by atoms with van der Waals surface area (Å²) >= 11 is 0.904. The van der Waals surface area contributed by atoms with E-state index in [1.807, 2.05) is 82.3 Å². The van der Waals surface area contributed by atoms with E-state index in [4.69, 9.17) is 4.84 Å². The Morgan fingerprint density at radius 3 is 1.89 bits per heavy atom. The number of hydrogen-bond acceptors (Lipinski definition) is 3. The minimum absolute atomic E-state index is 0.0856. The molecule has 2 nitrogen and oxygen atoms in total. The normalized spacial score (nSPS) is 25.2. The van der Waals surface area contributed by atoms with Crippen LogP contribution >= 0.6 is 11.8 Å². The number of nitrogens with zero attached hydrogens (tertiary/aromatic N) is 1. The van der Waals surface area contributed by atoms with Crippen molar-refractivity contribution in [1.82, 2.24) is 5.06 Å². The van der Waals surface area contributed by atoms with Crippen LogP contribution in [0.1, 0.15) is 44.4 Å². The van der Waals surface area contributed by atoms with Crippen molar-refractivity contribution in [2.75, 3.05) is 0 Å². The van der Waals surface area contributed by atoms with Crippen LogP contribution in [-0.2, 0) is 22.2 Å². The molecule has 1 atom stereocenters. The van der Waals surface area contributed by atoms with Gasteiger partial charge in [0.2, 0.25) is 0 Å². The van der Waals surface area contributed by atoms with Crippen LogP contribution in [0.3, 0.4) is 0 Å². The molecule has 0 N–H and O–H groups in total. The first-order valence-electron chi connectivity index (χ1n) is 9.35. The Morgan fingerprint density at radius 2 is 1.39 bits per heavy atom. The number of fused-ring (bicyclic) bond motifs is 1. The highest BCUT2D eigenvalue weighted by atomic mass is 32.2. The van der Waals surface area contributed by atoms with Crippen LogP contribution in [0.5, 0.6) is 0 Å².